The van der Waals surface area contributed by atoms with E-state index in [-0.39, 0.29) is 47.0 Å². The molecule has 0 N–H and O–H groups in total. The van der Waals surface area contributed by atoms with Gasteiger partial charge in [-0.25, -0.2) is 0 Å². The molecule has 0 fully saturated rings. The van der Waals surface area contributed by atoms with E-state index in [4.69, 9.17) is 10.5 Å². The Hall–Kier alpha value is -2.20. The van der Waals surface area contributed by atoms with E-state index in [9.17, 15) is 15.3 Å². The summed E-state index contributed by atoms with van der Waals surface area (Å²) in [6.45, 7) is 0. The van der Waals surface area contributed by atoms with E-state index in [1.165, 1.54) is 6.07 Å². The molecule has 0 spiro atoms. The monoisotopic (exact) mass is 269 g/mol. The normalized spacial score (nSPS) is 9.63. The van der Waals surface area contributed by atoms with E-state index in [1.54, 1.807) is 12.1 Å². The van der Waals surface area contributed by atoms with Crippen molar-refractivity contribution in [3.63, 3.8) is 0 Å². The number of nitriles is 2. The third-order valence-electron chi connectivity index (χ3n) is 2.32. The van der Waals surface area contributed by atoms with Gasteiger partial charge in [-0.2, -0.15) is 10.5 Å². The quantitative estimate of drug-likeness (QED) is 0.256. The number of hydrogen-bond donors (Lipinski definition) is 0. The summed E-state index contributed by atoms with van der Waals surface area (Å²) in [6.07, 6.45) is 0. The maximum Gasteiger partial charge on any atom is 1.00 e. The molecule has 0 unspecified atom stereocenters. The fraction of sp³-hybridized carbons (Fsp3) is 0.111. The molecule has 9 nitrogen and oxygen atoms in total. The van der Waals surface area contributed by atoms with Gasteiger partial charge in [0, 0.05) is 16.8 Å². The smallest absolute Gasteiger partial charge is 1.00 e. The molecule has 0 aliphatic rings. The van der Waals surface area contributed by atoms with Crippen molar-refractivity contribution in [1.29, 1.82) is 10.5 Å². The second-order valence-corrected chi connectivity index (χ2v) is 3.25. The van der Waals surface area contributed by atoms with Crippen LogP contribution in [0.5, 0.6) is 0 Å². The summed E-state index contributed by atoms with van der Waals surface area (Å²) >= 11 is 0. The summed E-state index contributed by atoms with van der Waals surface area (Å²) in [5.41, 5.74) is -0.973. The molecular weight excluding hydrogens is 265 g/mol. The summed E-state index contributed by atoms with van der Waals surface area (Å²) in [5, 5.41) is 42.9. The standard InChI is InChI=1S/C9H3N5O4.Na.H/c10-3-5(4-11)6-1-2-7(13(15)16)9-8(6)12-18-14(9)17;;/h1-2,5H;;/q;+1;-1. The van der Waals surface area contributed by atoms with Crippen molar-refractivity contribution >= 4 is 16.7 Å². The fourth-order valence-corrected chi connectivity index (χ4v) is 1.53. The van der Waals surface area contributed by atoms with Crippen LogP contribution >= 0.6 is 0 Å². The molecule has 0 radical (unpaired) electrons. The van der Waals surface area contributed by atoms with Crippen LogP contribution in [0.4, 0.5) is 5.69 Å². The van der Waals surface area contributed by atoms with E-state index < -0.39 is 22.0 Å². The Morgan fingerprint density at radius 2 is 2.11 bits per heavy atom. The number of benzene rings is 1. The number of nitrogens with zero attached hydrogens (tertiary/aromatic N) is 5. The predicted octanol–water partition coefficient (Wildman–Crippen LogP) is -2.38. The van der Waals surface area contributed by atoms with Crippen molar-refractivity contribution in [3.05, 3.63) is 33.0 Å². The van der Waals surface area contributed by atoms with Crippen molar-refractivity contribution in [2.24, 2.45) is 0 Å². The van der Waals surface area contributed by atoms with Gasteiger partial charge < -0.3 is 6.63 Å². The van der Waals surface area contributed by atoms with Crippen molar-refractivity contribution < 1.29 is 45.4 Å². The van der Waals surface area contributed by atoms with E-state index >= 15 is 0 Å². The zero-order chi connectivity index (χ0) is 13.3. The van der Waals surface area contributed by atoms with Crippen LogP contribution in [0.1, 0.15) is 12.9 Å². The zero-order valence-corrected chi connectivity index (χ0v) is 11.6. The molecular formula is C9H4N5NaO4. The number of aromatic nitrogens is 2. The Labute approximate surface area is 129 Å². The zero-order valence-electron chi connectivity index (χ0n) is 10.6. The number of nitro benzene ring substituents is 1. The first-order valence-electron chi connectivity index (χ1n) is 4.56. The van der Waals surface area contributed by atoms with Crippen LogP contribution in [0.25, 0.3) is 11.0 Å². The molecule has 0 aliphatic carbocycles. The Balaban J connectivity index is 0.00000180. The second kappa shape index (κ2) is 5.63. The van der Waals surface area contributed by atoms with E-state index in [0.29, 0.717) is 0 Å². The summed E-state index contributed by atoms with van der Waals surface area (Å²) < 4.78 is 4.27. The van der Waals surface area contributed by atoms with Crippen molar-refractivity contribution in [3.8, 4) is 12.1 Å². The first-order valence-corrected chi connectivity index (χ1v) is 4.56. The Morgan fingerprint density at radius 3 is 2.63 bits per heavy atom. The molecule has 90 valence electrons. The largest absolute Gasteiger partial charge is 1.00 e. The second-order valence-electron chi connectivity index (χ2n) is 3.25. The third-order valence-corrected chi connectivity index (χ3v) is 2.32. The average Bonchev–Trinajstić information content (AvgIpc) is 2.73. The maximum absolute atomic E-state index is 11.3. The molecule has 1 aromatic heterocycles. The van der Waals surface area contributed by atoms with Crippen LogP contribution in [-0.2, 0) is 0 Å². The summed E-state index contributed by atoms with van der Waals surface area (Å²) in [7, 11) is 0. The Morgan fingerprint density at radius 1 is 1.47 bits per heavy atom. The van der Waals surface area contributed by atoms with E-state index in [1.807, 2.05) is 0 Å². The third kappa shape index (κ3) is 2.35. The minimum absolute atomic E-state index is 0. The van der Waals surface area contributed by atoms with Crippen LogP contribution < -0.4 is 34.5 Å². The van der Waals surface area contributed by atoms with Gasteiger partial charge in [-0.1, -0.05) is 0 Å². The Bertz CT molecular complexity index is 720. The molecule has 2 rings (SSSR count). The van der Waals surface area contributed by atoms with Crippen LogP contribution in [0, 0.1) is 38.0 Å². The molecule has 0 amide bonds. The first kappa shape index (κ1) is 14.9. The molecule has 0 aliphatic heterocycles. The van der Waals surface area contributed by atoms with Gasteiger partial charge in [0.2, 0.25) is 0 Å². The van der Waals surface area contributed by atoms with Crippen LogP contribution in [0.2, 0.25) is 0 Å². The molecule has 1 heterocycles. The van der Waals surface area contributed by atoms with Gasteiger partial charge in [0.1, 0.15) is 0 Å². The number of fused-ring (bicyclic) bond motifs is 1. The van der Waals surface area contributed by atoms with Gasteiger partial charge in [0.25, 0.3) is 5.52 Å². The van der Waals surface area contributed by atoms with Gasteiger partial charge in [-0.05, 0) is 11.0 Å². The van der Waals surface area contributed by atoms with E-state index in [0.717, 1.165) is 6.07 Å². The van der Waals surface area contributed by atoms with Gasteiger partial charge in [0.15, 0.2) is 5.92 Å². The van der Waals surface area contributed by atoms with E-state index in [2.05, 4.69) is 9.79 Å². The number of non-ortho nitro benzene ring substituents is 1. The number of hydrogen-bond acceptors (Lipinski definition) is 7. The van der Waals surface area contributed by atoms with Gasteiger partial charge in [-0.3, -0.25) is 14.7 Å². The van der Waals surface area contributed by atoms with Crippen molar-refractivity contribution in [2.75, 3.05) is 0 Å². The maximum atomic E-state index is 11.3. The van der Waals surface area contributed by atoms with Crippen molar-refractivity contribution in [1.82, 2.24) is 5.16 Å². The molecule has 10 heteroatoms. The minimum Gasteiger partial charge on any atom is -1.00 e. The molecule has 19 heavy (non-hydrogen) atoms. The predicted molar refractivity (Wildman–Crippen MR) is 54.7 cm³/mol. The fourth-order valence-electron chi connectivity index (χ4n) is 1.53. The average molecular weight is 269 g/mol. The number of nitro groups is 1. The summed E-state index contributed by atoms with van der Waals surface area (Å²) in [5.74, 6) is -1.18. The SMILES string of the molecule is N#CC(C#N)c1ccc([N+](=O)[O-])c2c1no[n+]2[O-].[H-].[Na+]. The summed E-state index contributed by atoms with van der Waals surface area (Å²) in [6, 6.07) is 5.63. The molecule has 0 saturated heterocycles. The molecule has 0 saturated carbocycles. The Kier molecular flexibility index (Phi) is 4.40. The van der Waals surface area contributed by atoms with Crippen LogP contribution in [0.15, 0.2) is 16.8 Å². The topological polar surface area (TPSA) is 144 Å². The summed E-state index contributed by atoms with van der Waals surface area (Å²) in [4.78, 5) is 9.84. The van der Waals surface area contributed by atoms with Crippen LogP contribution in [-0.4, -0.2) is 10.1 Å². The molecule has 0 atom stereocenters. The van der Waals surface area contributed by atoms with Crippen LogP contribution in [0.3, 0.4) is 0 Å². The number of rotatable bonds is 2. The van der Waals surface area contributed by atoms with Gasteiger partial charge >= 0.3 is 40.8 Å². The van der Waals surface area contributed by atoms with Gasteiger partial charge in [0.05, 0.1) is 17.1 Å². The van der Waals surface area contributed by atoms with Crippen molar-refractivity contribution in [2.45, 2.75) is 5.92 Å². The first-order chi connectivity index (χ1) is 8.60. The minimum atomic E-state index is -1.18. The molecule has 0 bridgehead atoms. The van der Waals surface area contributed by atoms with Gasteiger partial charge in [-0.15, -0.1) is 0 Å². The molecule has 1 aromatic carbocycles. The molecule has 2 aromatic rings.